The Labute approximate surface area is 127 Å². The Kier molecular flexibility index (Phi) is 5.62. The molecule has 0 aromatic carbocycles. The van der Waals surface area contributed by atoms with Crippen LogP contribution in [0.2, 0.25) is 0 Å². The summed E-state index contributed by atoms with van der Waals surface area (Å²) in [6.45, 7) is 8.18. The van der Waals surface area contributed by atoms with Crippen LogP contribution >= 0.6 is 0 Å². The fourth-order valence-electron chi connectivity index (χ4n) is 3.30. The Morgan fingerprint density at radius 1 is 1.19 bits per heavy atom. The Hall–Kier alpha value is -1.10. The summed E-state index contributed by atoms with van der Waals surface area (Å²) in [6.07, 6.45) is 4.65. The number of primary amides is 1. The second kappa shape index (κ2) is 7.25. The first-order chi connectivity index (χ1) is 9.97. The first-order valence-corrected chi connectivity index (χ1v) is 8.28. The number of nitrogens with two attached hydrogens (primary N) is 1. The quantitative estimate of drug-likeness (QED) is 0.829. The zero-order valence-electron chi connectivity index (χ0n) is 13.4. The number of nitrogens with zero attached hydrogens (tertiary/aromatic N) is 2. The van der Waals surface area contributed by atoms with Gasteiger partial charge in [0, 0.05) is 31.5 Å². The lowest BCUT2D eigenvalue weighted by atomic mass is 9.98. The van der Waals surface area contributed by atoms with Crippen molar-refractivity contribution < 1.29 is 9.59 Å². The number of hydrogen-bond donors (Lipinski definition) is 1. The van der Waals surface area contributed by atoms with E-state index in [0.717, 1.165) is 25.4 Å². The molecule has 2 N–H and O–H groups in total. The van der Waals surface area contributed by atoms with Crippen LogP contribution in [0.1, 0.15) is 46.0 Å². The third-order valence-electron chi connectivity index (χ3n) is 5.13. The molecule has 2 fully saturated rings. The van der Waals surface area contributed by atoms with E-state index in [4.69, 9.17) is 5.73 Å². The minimum Gasteiger partial charge on any atom is -0.369 e. The maximum atomic E-state index is 12.2. The standard InChI is InChI=1S/C16H29N3O2/c1-12-5-8-18(9-6-12)14-7-10-19(11-14)15(20)4-3-13(2)16(17)21/h12-14H,3-11H2,1-2H3,(H2,17,21)/t13?,14-/m0/s1. The molecule has 120 valence electrons. The fraction of sp³-hybridized carbons (Fsp3) is 0.875. The van der Waals surface area contributed by atoms with E-state index in [9.17, 15) is 9.59 Å². The van der Waals surface area contributed by atoms with Crippen LogP contribution in [0.15, 0.2) is 0 Å². The molecule has 21 heavy (non-hydrogen) atoms. The summed E-state index contributed by atoms with van der Waals surface area (Å²) in [5.41, 5.74) is 5.24. The second-order valence-corrected chi connectivity index (χ2v) is 6.84. The molecule has 5 nitrogen and oxygen atoms in total. The average molecular weight is 295 g/mol. The first-order valence-electron chi connectivity index (χ1n) is 8.28. The summed E-state index contributed by atoms with van der Waals surface area (Å²) in [6, 6.07) is 0.537. The highest BCUT2D eigenvalue weighted by Crippen LogP contribution is 2.23. The van der Waals surface area contributed by atoms with Gasteiger partial charge in [-0.1, -0.05) is 13.8 Å². The molecule has 0 aromatic heterocycles. The molecule has 1 unspecified atom stereocenters. The SMILES string of the molecule is CC1CCN([C@H]2CCN(C(=O)CCC(C)C(N)=O)C2)CC1. The number of rotatable bonds is 5. The zero-order valence-corrected chi connectivity index (χ0v) is 13.4. The van der Waals surface area contributed by atoms with Gasteiger partial charge in [-0.15, -0.1) is 0 Å². The fourth-order valence-corrected chi connectivity index (χ4v) is 3.30. The average Bonchev–Trinajstić information content (AvgIpc) is 2.94. The van der Waals surface area contributed by atoms with Gasteiger partial charge in [0.15, 0.2) is 0 Å². The molecule has 0 aliphatic carbocycles. The van der Waals surface area contributed by atoms with Crippen molar-refractivity contribution in [3.63, 3.8) is 0 Å². The summed E-state index contributed by atoms with van der Waals surface area (Å²) in [5.74, 6) is 0.493. The molecule has 2 rings (SSSR count). The number of hydrogen-bond acceptors (Lipinski definition) is 3. The van der Waals surface area contributed by atoms with Crippen molar-refractivity contribution in [1.82, 2.24) is 9.80 Å². The predicted octanol–water partition coefficient (Wildman–Crippen LogP) is 1.22. The van der Waals surface area contributed by atoms with Crippen LogP contribution in [0, 0.1) is 11.8 Å². The number of amides is 2. The molecule has 0 saturated carbocycles. The Bertz CT molecular complexity index is 378. The van der Waals surface area contributed by atoms with Crippen molar-refractivity contribution in [2.75, 3.05) is 26.2 Å². The van der Waals surface area contributed by atoms with Crippen molar-refractivity contribution >= 4 is 11.8 Å². The lowest BCUT2D eigenvalue weighted by molar-refractivity contribution is -0.131. The first kappa shape index (κ1) is 16.3. The molecule has 2 aliphatic rings. The van der Waals surface area contributed by atoms with E-state index >= 15 is 0 Å². The molecule has 5 heteroatoms. The maximum absolute atomic E-state index is 12.2. The highest BCUT2D eigenvalue weighted by molar-refractivity contribution is 5.79. The lowest BCUT2D eigenvalue weighted by Gasteiger charge is -2.34. The monoisotopic (exact) mass is 295 g/mol. The van der Waals surface area contributed by atoms with Gasteiger partial charge in [-0.2, -0.15) is 0 Å². The molecular weight excluding hydrogens is 266 g/mol. The summed E-state index contributed by atoms with van der Waals surface area (Å²) < 4.78 is 0. The molecular formula is C16H29N3O2. The Balaban J connectivity index is 1.74. The molecule has 0 spiro atoms. The number of carbonyl (C=O) groups is 2. The summed E-state index contributed by atoms with van der Waals surface area (Å²) >= 11 is 0. The maximum Gasteiger partial charge on any atom is 0.222 e. The predicted molar refractivity (Wildman–Crippen MR) is 82.5 cm³/mol. The number of carbonyl (C=O) groups excluding carboxylic acids is 2. The van der Waals surface area contributed by atoms with Crippen LogP contribution in [0.4, 0.5) is 0 Å². The highest BCUT2D eigenvalue weighted by atomic mass is 16.2. The molecule has 2 saturated heterocycles. The van der Waals surface area contributed by atoms with Gasteiger partial charge in [0.2, 0.25) is 11.8 Å². The van der Waals surface area contributed by atoms with Gasteiger partial charge in [0.1, 0.15) is 0 Å². The van der Waals surface area contributed by atoms with Gasteiger partial charge in [-0.25, -0.2) is 0 Å². The van der Waals surface area contributed by atoms with E-state index in [2.05, 4.69) is 11.8 Å². The van der Waals surface area contributed by atoms with Gasteiger partial charge < -0.3 is 10.6 Å². The van der Waals surface area contributed by atoms with Gasteiger partial charge in [0.25, 0.3) is 0 Å². The van der Waals surface area contributed by atoms with E-state index in [1.165, 1.54) is 25.9 Å². The van der Waals surface area contributed by atoms with Crippen LogP contribution < -0.4 is 5.73 Å². The normalized spacial score (nSPS) is 26.0. The van der Waals surface area contributed by atoms with Crippen molar-refractivity contribution in [3.8, 4) is 0 Å². The minimum absolute atomic E-state index is 0.177. The van der Waals surface area contributed by atoms with Gasteiger partial charge >= 0.3 is 0 Å². The molecule has 2 heterocycles. The number of piperidine rings is 1. The number of likely N-dealkylation sites (tertiary alicyclic amines) is 2. The van der Waals surface area contributed by atoms with E-state index in [0.29, 0.717) is 18.9 Å². The van der Waals surface area contributed by atoms with Crippen LogP contribution in [0.5, 0.6) is 0 Å². The van der Waals surface area contributed by atoms with Crippen molar-refractivity contribution in [3.05, 3.63) is 0 Å². The van der Waals surface area contributed by atoms with Crippen molar-refractivity contribution in [1.29, 1.82) is 0 Å². The third-order valence-corrected chi connectivity index (χ3v) is 5.13. The van der Waals surface area contributed by atoms with E-state index in [1.807, 2.05) is 4.90 Å². The van der Waals surface area contributed by atoms with Crippen molar-refractivity contribution in [2.24, 2.45) is 17.6 Å². The second-order valence-electron chi connectivity index (χ2n) is 6.84. The van der Waals surface area contributed by atoms with Gasteiger partial charge in [0.05, 0.1) is 0 Å². The van der Waals surface area contributed by atoms with Gasteiger partial charge in [-0.3, -0.25) is 14.5 Å². The molecule has 2 atom stereocenters. The third kappa shape index (κ3) is 4.43. The molecule has 2 aliphatic heterocycles. The van der Waals surface area contributed by atoms with Gasteiger partial charge in [-0.05, 0) is 44.7 Å². The zero-order chi connectivity index (χ0) is 15.4. The largest absolute Gasteiger partial charge is 0.369 e. The highest BCUT2D eigenvalue weighted by Gasteiger charge is 2.31. The smallest absolute Gasteiger partial charge is 0.222 e. The van der Waals surface area contributed by atoms with E-state index in [1.54, 1.807) is 6.92 Å². The summed E-state index contributed by atoms with van der Waals surface area (Å²) in [7, 11) is 0. The van der Waals surface area contributed by atoms with Crippen LogP contribution in [-0.2, 0) is 9.59 Å². The van der Waals surface area contributed by atoms with E-state index in [-0.39, 0.29) is 17.7 Å². The molecule has 0 bridgehead atoms. The Morgan fingerprint density at radius 3 is 2.48 bits per heavy atom. The molecule has 2 amide bonds. The summed E-state index contributed by atoms with van der Waals surface area (Å²) in [4.78, 5) is 27.7. The topological polar surface area (TPSA) is 66.6 Å². The van der Waals surface area contributed by atoms with Crippen molar-refractivity contribution in [2.45, 2.75) is 52.0 Å². The van der Waals surface area contributed by atoms with E-state index < -0.39 is 0 Å². The minimum atomic E-state index is -0.315. The molecule has 0 aromatic rings. The Morgan fingerprint density at radius 2 is 1.86 bits per heavy atom. The van der Waals surface area contributed by atoms with Crippen LogP contribution in [0.3, 0.4) is 0 Å². The van der Waals surface area contributed by atoms with Crippen LogP contribution in [0.25, 0.3) is 0 Å². The lowest BCUT2D eigenvalue weighted by Crippen LogP contribution is -2.43. The summed E-state index contributed by atoms with van der Waals surface area (Å²) in [5, 5.41) is 0. The van der Waals surface area contributed by atoms with Crippen LogP contribution in [-0.4, -0.2) is 53.8 Å². The molecule has 0 radical (unpaired) electrons.